The second kappa shape index (κ2) is 8.63. The van der Waals surface area contributed by atoms with E-state index in [1.54, 1.807) is 13.3 Å². The van der Waals surface area contributed by atoms with Gasteiger partial charge in [0, 0.05) is 47.2 Å². The van der Waals surface area contributed by atoms with Gasteiger partial charge in [0.2, 0.25) is 0 Å². The zero-order chi connectivity index (χ0) is 19.4. The summed E-state index contributed by atoms with van der Waals surface area (Å²) in [7, 11) is 1.64. The van der Waals surface area contributed by atoms with Crippen molar-refractivity contribution in [2.45, 2.75) is 39.2 Å². The molecule has 0 saturated heterocycles. The van der Waals surface area contributed by atoms with Crippen LogP contribution in [0.3, 0.4) is 0 Å². The van der Waals surface area contributed by atoms with Gasteiger partial charge in [-0.1, -0.05) is 6.92 Å². The van der Waals surface area contributed by atoms with E-state index in [1.807, 2.05) is 16.8 Å². The highest BCUT2D eigenvalue weighted by Crippen LogP contribution is 2.33. The molecule has 0 aliphatic heterocycles. The first-order valence-electron chi connectivity index (χ1n) is 8.89. The number of hydrogen-bond acceptors (Lipinski definition) is 4. The molecular formula is C20H22BrN3O3. The van der Waals surface area contributed by atoms with Gasteiger partial charge in [-0.15, -0.1) is 0 Å². The summed E-state index contributed by atoms with van der Waals surface area (Å²) >= 11 is 3.50. The Morgan fingerprint density at radius 2 is 2.15 bits per heavy atom. The Kier molecular flexibility index (Phi) is 6.23. The van der Waals surface area contributed by atoms with Crippen LogP contribution in [-0.4, -0.2) is 32.8 Å². The smallest absolute Gasteiger partial charge is 0.303 e. The van der Waals surface area contributed by atoms with Crippen molar-refractivity contribution in [3.05, 3.63) is 52.0 Å². The maximum absolute atomic E-state index is 11.0. The van der Waals surface area contributed by atoms with E-state index in [0.29, 0.717) is 19.4 Å². The fourth-order valence-electron chi connectivity index (χ4n) is 3.34. The molecule has 3 rings (SSSR count). The number of carbonyl (C=O) groups is 1. The van der Waals surface area contributed by atoms with Gasteiger partial charge in [0.25, 0.3) is 0 Å². The summed E-state index contributed by atoms with van der Waals surface area (Å²) in [5.74, 6) is -0.793. The lowest BCUT2D eigenvalue weighted by Gasteiger charge is -2.17. The van der Waals surface area contributed by atoms with Gasteiger partial charge in [0.1, 0.15) is 0 Å². The number of aliphatic carboxylic acids is 1. The summed E-state index contributed by atoms with van der Waals surface area (Å²) in [6.45, 7) is 2.47. The van der Waals surface area contributed by atoms with Crippen LogP contribution in [0.2, 0.25) is 0 Å². The molecule has 0 saturated carbocycles. The maximum atomic E-state index is 11.0. The summed E-state index contributed by atoms with van der Waals surface area (Å²) in [4.78, 5) is 15.3. The number of aryl methyl sites for hydroxylation is 1. The van der Waals surface area contributed by atoms with E-state index >= 15 is 0 Å². The molecule has 0 atom stereocenters. The lowest BCUT2D eigenvalue weighted by atomic mass is 9.95. The molecule has 0 bridgehead atoms. The lowest BCUT2D eigenvalue weighted by molar-refractivity contribution is -0.137. The summed E-state index contributed by atoms with van der Waals surface area (Å²) in [6, 6.07) is 6.17. The number of pyridine rings is 1. The number of rotatable bonds is 8. The van der Waals surface area contributed by atoms with Gasteiger partial charge in [0.15, 0.2) is 0 Å². The quantitative estimate of drug-likeness (QED) is 0.575. The van der Waals surface area contributed by atoms with Crippen LogP contribution in [0.1, 0.15) is 36.7 Å². The molecule has 0 spiro atoms. The van der Waals surface area contributed by atoms with E-state index in [-0.39, 0.29) is 6.42 Å². The van der Waals surface area contributed by atoms with Gasteiger partial charge in [-0.2, -0.15) is 5.10 Å². The zero-order valence-electron chi connectivity index (χ0n) is 15.4. The predicted molar refractivity (Wildman–Crippen MR) is 107 cm³/mol. The number of carboxylic acids is 1. The standard InChI is InChI=1S/C20H22BrN3O3/c1-3-15-7-8-18-20(13-9-14(21)11-22-10-13)16(5-4-6-19(25)26)17(12-27-2)23-24(15)18/h7-11H,3-6,12H2,1-2H3,(H,25,26). The van der Waals surface area contributed by atoms with Crippen molar-refractivity contribution < 1.29 is 14.6 Å². The Morgan fingerprint density at radius 1 is 1.33 bits per heavy atom. The van der Waals surface area contributed by atoms with Crippen LogP contribution in [0.5, 0.6) is 0 Å². The molecule has 0 radical (unpaired) electrons. The van der Waals surface area contributed by atoms with Crippen LogP contribution < -0.4 is 0 Å². The first-order valence-corrected chi connectivity index (χ1v) is 9.68. The molecule has 6 nitrogen and oxygen atoms in total. The van der Waals surface area contributed by atoms with Crippen LogP contribution in [-0.2, 0) is 29.0 Å². The summed E-state index contributed by atoms with van der Waals surface area (Å²) < 4.78 is 8.25. The summed E-state index contributed by atoms with van der Waals surface area (Å²) in [5.41, 5.74) is 5.97. The molecule has 7 heteroatoms. The van der Waals surface area contributed by atoms with Gasteiger partial charge < -0.3 is 9.84 Å². The normalized spacial score (nSPS) is 11.2. The Labute approximate surface area is 166 Å². The summed E-state index contributed by atoms with van der Waals surface area (Å²) in [6.07, 6.45) is 5.72. The molecule has 0 aliphatic rings. The third kappa shape index (κ3) is 4.20. The Hall–Kier alpha value is -2.25. The van der Waals surface area contributed by atoms with Gasteiger partial charge in [-0.25, -0.2) is 4.52 Å². The molecule has 3 heterocycles. The average molecular weight is 432 g/mol. The number of fused-ring (bicyclic) bond motifs is 1. The van der Waals surface area contributed by atoms with Crippen LogP contribution >= 0.6 is 15.9 Å². The minimum Gasteiger partial charge on any atom is -0.481 e. The fraction of sp³-hybridized carbons (Fsp3) is 0.350. The molecule has 142 valence electrons. The maximum Gasteiger partial charge on any atom is 0.303 e. The van der Waals surface area contributed by atoms with Gasteiger partial charge in [-0.3, -0.25) is 9.78 Å². The van der Waals surface area contributed by atoms with Gasteiger partial charge >= 0.3 is 5.97 Å². The van der Waals surface area contributed by atoms with Crippen LogP contribution in [0, 0.1) is 0 Å². The summed E-state index contributed by atoms with van der Waals surface area (Å²) in [5, 5.41) is 13.8. The number of ether oxygens (including phenoxy) is 1. The molecule has 3 aromatic heterocycles. The largest absolute Gasteiger partial charge is 0.481 e. The van der Waals surface area contributed by atoms with E-state index in [1.165, 1.54) is 0 Å². The van der Waals surface area contributed by atoms with Crippen molar-refractivity contribution >= 4 is 27.4 Å². The van der Waals surface area contributed by atoms with E-state index in [9.17, 15) is 4.79 Å². The van der Waals surface area contributed by atoms with Crippen LogP contribution in [0.15, 0.2) is 35.1 Å². The first kappa shape index (κ1) is 19.5. The van der Waals surface area contributed by atoms with E-state index in [0.717, 1.165) is 44.5 Å². The molecule has 27 heavy (non-hydrogen) atoms. The molecule has 0 fully saturated rings. The zero-order valence-corrected chi connectivity index (χ0v) is 17.0. The van der Waals surface area contributed by atoms with Gasteiger partial charge in [0.05, 0.1) is 17.8 Å². The van der Waals surface area contributed by atoms with Crippen molar-refractivity contribution in [3.8, 4) is 11.1 Å². The first-order chi connectivity index (χ1) is 13.0. The number of aromatic nitrogens is 3. The molecule has 0 unspecified atom stereocenters. The van der Waals surface area contributed by atoms with Crippen molar-refractivity contribution in [1.29, 1.82) is 0 Å². The number of carboxylic acid groups (broad SMARTS) is 1. The lowest BCUT2D eigenvalue weighted by Crippen LogP contribution is -2.10. The van der Waals surface area contributed by atoms with Crippen LogP contribution in [0.4, 0.5) is 0 Å². The molecular weight excluding hydrogens is 410 g/mol. The van der Waals surface area contributed by atoms with Gasteiger partial charge in [-0.05, 0) is 59.0 Å². The Balaban J connectivity index is 2.25. The average Bonchev–Trinajstić information content (AvgIpc) is 3.04. The second-order valence-electron chi connectivity index (χ2n) is 6.35. The molecule has 3 aromatic rings. The topological polar surface area (TPSA) is 76.7 Å². The highest BCUT2D eigenvalue weighted by molar-refractivity contribution is 9.10. The third-order valence-corrected chi connectivity index (χ3v) is 4.95. The predicted octanol–water partition coefficient (Wildman–Crippen LogP) is 4.27. The number of nitrogens with zero attached hydrogens (tertiary/aromatic N) is 3. The Bertz CT molecular complexity index is 969. The number of halogens is 1. The van der Waals surface area contributed by atoms with E-state index in [4.69, 9.17) is 14.9 Å². The minimum atomic E-state index is -0.793. The van der Waals surface area contributed by atoms with E-state index in [2.05, 4.69) is 40.0 Å². The fourth-order valence-corrected chi connectivity index (χ4v) is 3.70. The molecule has 0 aromatic carbocycles. The number of hydrogen-bond donors (Lipinski definition) is 1. The van der Waals surface area contributed by atoms with Crippen molar-refractivity contribution in [2.24, 2.45) is 0 Å². The second-order valence-corrected chi connectivity index (χ2v) is 7.26. The van der Waals surface area contributed by atoms with E-state index < -0.39 is 5.97 Å². The Morgan fingerprint density at radius 3 is 2.81 bits per heavy atom. The highest BCUT2D eigenvalue weighted by atomic mass is 79.9. The molecule has 0 amide bonds. The molecule has 1 N–H and O–H groups in total. The minimum absolute atomic E-state index is 0.120. The SMILES string of the molecule is CCc1ccc2c(-c3cncc(Br)c3)c(CCCC(=O)O)c(COC)nn12. The monoisotopic (exact) mass is 431 g/mol. The van der Waals surface area contributed by atoms with Crippen molar-refractivity contribution in [2.75, 3.05) is 7.11 Å². The van der Waals surface area contributed by atoms with Crippen molar-refractivity contribution in [3.63, 3.8) is 0 Å². The highest BCUT2D eigenvalue weighted by Gasteiger charge is 2.19. The number of methoxy groups -OCH3 is 1. The van der Waals surface area contributed by atoms with Crippen molar-refractivity contribution in [1.82, 2.24) is 14.6 Å². The third-order valence-electron chi connectivity index (χ3n) is 4.52. The van der Waals surface area contributed by atoms with Crippen LogP contribution in [0.25, 0.3) is 16.6 Å². The molecule has 0 aliphatic carbocycles.